The fourth-order valence-corrected chi connectivity index (χ4v) is 6.73. The van der Waals surface area contributed by atoms with Gasteiger partial charge in [-0.1, -0.05) is 54.1 Å². The Bertz CT molecular complexity index is 1460. The van der Waals surface area contributed by atoms with Gasteiger partial charge in [0.2, 0.25) is 0 Å². The first kappa shape index (κ1) is 24.5. The number of pyridine rings is 1. The molecule has 1 spiro atoms. The molecule has 4 aromatic rings. The maximum Gasteiger partial charge on any atom is 0.329 e. The molecular weight excluding hydrogens is 496 g/mol. The number of hydrogen-bond donors (Lipinski definition) is 2. The lowest BCUT2D eigenvalue weighted by molar-refractivity contribution is -0.144. The molecule has 1 saturated carbocycles. The van der Waals surface area contributed by atoms with Crippen molar-refractivity contribution in [1.29, 1.82) is 0 Å². The molecule has 1 heterocycles. The number of carbonyl (C=O) groups is 1. The first-order chi connectivity index (χ1) is 18.5. The molecular formula is C32H29ClN2O3. The lowest BCUT2D eigenvalue weighted by Crippen LogP contribution is -2.52. The molecule has 1 aromatic heterocycles. The molecule has 3 aromatic carbocycles. The summed E-state index contributed by atoms with van der Waals surface area (Å²) in [6.45, 7) is 0. The third kappa shape index (κ3) is 4.41. The molecule has 0 aliphatic heterocycles. The van der Waals surface area contributed by atoms with Crippen molar-refractivity contribution in [2.45, 2.75) is 49.0 Å². The predicted octanol–water partition coefficient (Wildman–Crippen LogP) is 7.61. The largest absolute Gasteiger partial charge is 0.480 e. The van der Waals surface area contributed by atoms with E-state index < -0.39 is 11.5 Å². The van der Waals surface area contributed by atoms with Crippen LogP contribution < -0.4 is 10.1 Å². The summed E-state index contributed by atoms with van der Waals surface area (Å²) in [5.74, 6) is 0.956. The van der Waals surface area contributed by atoms with Crippen molar-refractivity contribution in [3.63, 3.8) is 0 Å². The Morgan fingerprint density at radius 1 is 0.895 bits per heavy atom. The zero-order valence-electron chi connectivity index (χ0n) is 20.9. The van der Waals surface area contributed by atoms with Gasteiger partial charge in [-0.15, -0.1) is 0 Å². The Hall–Kier alpha value is -3.83. The van der Waals surface area contributed by atoms with Crippen molar-refractivity contribution < 1.29 is 14.6 Å². The minimum absolute atomic E-state index is 0.138. The molecule has 192 valence electrons. The highest BCUT2D eigenvalue weighted by Gasteiger charge is 2.54. The van der Waals surface area contributed by atoms with Crippen molar-refractivity contribution in [1.82, 2.24) is 4.98 Å². The molecule has 5 nitrogen and oxygen atoms in total. The van der Waals surface area contributed by atoms with Crippen LogP contribution in [0.25, 0.3) is 0 Å². The van der Waals surface area contributed by atoms with Crippen LogP contribution in [-0.4, -0.2) is 21.6 Å². The first-order valence-electron chi connectivity index (χ1n) is 13.0. The highest BCUT2D eigenvalue weighted by molar-refractivity contribution is 6.30. The average molecular weight is 525 g/mol. The van der Waals surface area contributed by atoms with Crippen LogP contribution in [0.5, 0.6) is 11.5 Å². The standard InChI is InChI=1S/C32H29ClN2O3/c33-24-7-4-8-25(21-24)35-32(30(36)37)15-13-31(14-16-32)28-10-2-1-5-23(28)20-29(31)22-6-3-9-27(19-22)38-26-11-17-34-18-12-26/h1-12,17-19,21,29,35H,13-16,20H2,(H,36,37). The van der Waals surface area contributed by atoms with Crippen LogP contribution in [0.15, 0.2) is 97.3 Å². The highest BCUT2D eigenvalue weighted by atomic mass is 35.5. The van der Waals surface area contributed by atoms with E-state index in [0.29, 0.717) is 17.9 Å². The van der Waals surface area contributed by atoms with Crippen LogP contribution >= 0.6 is 11.6 Å². The summed E-state index contributed by atoms with van der Waals surface area (Å²) in [5.41, 5.74) is 3.49. The number of aliphatic carboxylic acids is 1. The van der Waals surface area contributed by atoms with Crippen molar-refractivity contribution in [3.05, 3.63) is 119 Å². The zero-order valence-corrected chi connectivity index (χ0v) is 21.7. The maximum atomic E-state index is 12.7. The van der Waals surface area contributed by atoms with Gasteiger partial charge >= 0.3 is 5.97 Å². The molecule has 0 saturated heterocycles. The van der Waals surface area contributed by atoms with E-state index in [2.05, 4.69) is 46.7 Å². The van der Waals surface area contributed by atoms with Gasteiger partial charge < -0.3 is 15.2 Å². The quantitative estimate of drug-likeness (QED) is 0.271. The van der Waals surface area contributed by atoms with Gasteiger partial charge in [-0.05, 0) is 97.2 Å². The van der Waals surface area contributed by atoms with E-state index in [1.165, 1.54) is 16.7 Å². The molecule has 0 amide bonds. The van der Waals surface area contributed by atoms with E-state index >= 15 is 0 Å². The molecule has 0 radical (unpaired) electrons. The summed E-state index contributed by atoms with van der Waals surface area (Å²) in [5, 5.41) is 14.3. The SMILES string of the molecule is O=C(O)C1(Nc2cccc(Cl)c2)CCC2(CC1)c1ccccc1CC2c1cccc(Oc2ccncc2)c1. The van der Waals surface area contributed by atoms with Crippen molar-refractivity contribution in [3.8, 4) is 11.5 Å². The number of aromatic nitrogens is 1. The first-order valence-corrected chi connectivity index (χ1v) is 13.4. The fourth-order valence-electron chi connectivity index (χ4n) is 6.54. The van der Waals surface area contributed by atoms with Crippen molar-refractivity contribution >= 4 is 23.3 Å². The second kappa shape index (κ2) is 9.80. The number of nitrogens with one attached hydrogen (secondary N) is 1. The Balaban J connectivity index is 1.33. The molecule has 38 heavy (non-hydrogen) atoms. The third-order valence-corrected chi connectivity index (χ3v) is 8.64. The van der Waals surface area contributed by atoms with E-state index in [-0.39, 0.29) is 11.3 Å². The number of rotatable bonds is 6. The highest BCUT2D eigenvalue weighted by Crippen LogP contribution is 2.58. The zero-order chi connectivity index (χ0) is 26.2. The molecule has 6 heteroatoms. The number of ether oxygens (including phenoxy) is 1. The van der Waals surface area contributed by atoms with Gasteiger partial charge in [0.1, 0.15) is 17.0 Å². The summed E-state index contributed by atoms with van der Waals surface area (Å²) < 4.78 is 6.13. The number of anilines is 1. The van der Waals surface area contributed by atoms with Crippen LogP contribution in [0.3, 0.4) is 0 Å². The Morgan fingerprint density at radius 3 is 2.42 bits per heavy atom. The number of benzene rings is 3. The predicted molar refractivity (Wildman–Crippen MR) is 149 cm³/mol. The van der Waals surface area contributed by atoms with Crippen LogP contribution in [0.4, 0.5) is 5.69 Å². The van der Waals surface area contributed by atoms with Crippen LogP contribution in [0.1, 0.15) is 48.3 Å². The van der Waals surface area contributed by atoms with E-state index in [1.54, 1.807) is 24.5 Å². The third-order valence-electron chi connectivity index (χ3n) is 8.40. The second-order valence-electron chi connectivity index (χ2n) is 10.5. The van der Waals surface area contributed by atoms with E-state index in [4.69, 9.17) is 16.3 Å². The number of carboxylic acids is 1. The summed E-state index contributed by atoms with van der Waals surface area (Å²) in [7, 11) is 0. The van der Waals surface area contributed by atoms with Gasteiger partial charge in [0.25, 0.3) is 0 Å². The van der Waals surface area contributed by atoms with Crippen LogP contribution in [-0.2, 0) is 16.6 Å². The molecule has 0 bridgehead atoms. The minimum atomic E-state index is -1.04. The van der Waals surface area contributed by atoms with Gasteiger partial charge in [0.05, 0.1) is 0 Å². The molecule has 1 unspecified atom stereocenters. The monoisotopic (exact) mass is 524 g/mol. The topological polar surface area (TPSA) is 71.5 Å². The van der Waals surface area contributed by atoms with Gasteiger partial charge in [0, 0.05) is 28.5 Å². The molecule has 2 N–H and O–H groups in total. The molecule has 1 fully saturated rings. The molecule has 6 rings (SSSR count). The number of fused-ring (bicyclic) bond motifs is 2. The summed E-state index contributed by atoms with van der Waals surface area (Å²) in [4.78, 5) is 16.7. The number of nitrogens with zero attached hydrogens (tertiary/aromatic N) is 1. The van der Waals surface area contributed by atoms with Gasteiger partial charge in [-0.25, -0.2) is 4.79 Å². The fraction of sp³-hybridized carbons (Fsp3) is 0.250. The molecule has 1 atom stereocenters. The van der Waals surface area contributed by atoms with Gasteiger partial charge in [-0.3, -0.25) is 4.98 Å². The van der Waals surface area contributed by atoms with Crippen molar-refractivity contribution in [2.24, 2.45) is 0 Å². The summed E-state index contributed by atoms with van der Waals surface area (Å²) in [6, 6.07) is 28.0. The number of halogens is 1. The Kier molecular flexibility index (Phi) is 6.32. The second-order valence-corrected chi connectivity index (χ2v) is 10.9. The van der Waals surface area contributed by atoms with E-state index in [1.807, 2.05) is 36.4 Å². The number of carboxylic acid groups (broad SMARTS) is 1. The average Bonchev–Trinajstić information content (AvgIpc) is 3.25. The van der Waals surface area contributed by atoms with Crippen LogP contribution in [0.2, 0.25) is 5.02 Å². The van der Waals surface area contributed by atoms with Crippen LogP contribution in [0, 0.1) is 0 Å². The lowest BCUT2D eigenvalue weighted by atomic mass is 9.59. The molecule has 2 aliphatic rings. The molecule has 2 aliphatic carbocycles. The van der Waals surface area contributed by atoms with E-state index in [9.17, 15) is 9.90 Å². The van der Waals surface area contributed by atoms with Gasteiger partial charge in [0.15, 0.2) is 0 Å². The smallest absolute Gasteiger partial charge is 0.329 e. The Morgan fingerprint density at radius 2 is 1.66 bits per heavy atom. The Labute approximate surface area is 227 Å². The number of hydrogen-bond acceptors (Lipinski definition) is 4. The maximum absolute atomic E-state index is 12.7. The summed E-state index contributed by atoms with van der Waals surface area (Å²) in [6.07, 6.45) is 6.94. The van der Waals surface area contributed by atoms with E-state index in [0.717, 1.165) is 36.4 Å². The van der Waals surface area contributed by atoms with Gasteiger partial charge in [-0.2, -0.15) is 0 Å². The normalized spacial score (nSPS) is 24.1. The summed E-state index contributed by atoms with van der Waals surface area (Å²) >= 11 is 6.19. The minimum Gasteiger partial charge on any atom is -0.480 e. The lowest BCUT2D eigenvalue weighted by Gasteiger charge is -2.47. The van der Waals surface area contributed by atoms with Crippen molar-refractivity contribution in [2.75, 3.05) is 5.32 Å².